The van der Waals surface area contributed by atoms with E-state index in [2.05, 4.69) is 25.7 Å². The fraction of sp³-hybridized carbons (Fsp3) is 0.923. The van der Waals surface area contributed by atoms with Gasteiger partial charge in [0.05, 0.1) is 6.54 Å². The average Bonchev–Trinajstić information content (AvgIpc) is 2.97. The van der Waals surface area contributed by atoms with Crippen LogP contribution >= 0.6 is 0 Å². The standard InChI is InChI=1S/C13H25NO/c1-5-11(4)13(15)9-14(8-10(2)3)12-6-7-12/h10-12H,5-9H2,1-4H3. The highest BCUT2D eigenvalue weighted by molar-refractivity contribution is 5.82. The minimum Gasteiger partial charge on any atom is -0.298 e. The summed E-state index contributed by atoms with van der Waals surface area (Å²) in [6.07, 6.45) is 3.56. The van der Waals surface area contributed by atoms with Crippen LogP contribution in [0.25, 0.3) is 0 Å². The lowest BCUT2D eigenvalue weighted by molar-refractivity contribution is -0.123. The van der Waals surface area contributed by atoms with Crippen LogP contribution < -0.4 is 0 Å². The largest absolute Gasteiger partial charge is 0.298 e. The van der Waals surface area contributed by atoms with E-state index in [0.717, 1.165) is 13.0 Å². The Balaban J connectivity index is 2.40. The fourth-order valence-electron chi connectivity index (χ4n) is 1.84. The Morgan fingerprint density at radius 1 is 1.33 bits per heavy atom. The van der Waals surface area contributed by atoms with Crippen molar-refractivity contribution in [3.63, 3.8) is 0 Å². The van der Waals surface area contributed by atoms with Crippen molar-refractivity contribution in [1.82, 2.24) is 4.90 Å². The highest BCUT2D eigenvalue weighted by Gasteiger charge is 2.31. The summed E-state index contributed by atoms with van der Waals surface area (Å²) in [4.78, 5) is 14.2. The van der Waals surface area contributed by atoms with E-state index in [9.17, 15) is 4.79 Å². The van der Waals surface area contributed by atoms with Gasteiger partial charge < -0.3 is 0 Å². The van der Waals surface area contributed by atoms with E-state index in [1.807, 2.05) is 6.92 Å². The molecule has 1 aliphatic rings. The molecule has 2 nitrogen and oxygen atoms in total. The second kappa shape index (κ2) is 5.64. The van der Waals surface area contributed by atoms with Crippen LogP contribution in [0.5, 0.6) is 0 Å². The lowest BCUT2D eigenvalue weighted by atomic mass is 10.0. The molecule has 0 spiro atoms. The minimum absolute atomic E-state index is 0.235. The molecule has 0 heterocycles. The molecule has 0 bridgehead atoms. The van der Waals surface area contributed by atoms with Gasteiger partial charge in [0.25, 0.3) is 0 Å². The van der Waals surface area contributed by atoms with Crippen molar-refractivity contribution in [2.75, 3.05) is 13.1 Å². The van der Waals surface area contributed by atoms with Crippen LogP contribution in [-0.4, -0.2) is 29.8 Å². The van der Waals surface area contributed by atoms with Crippen molar-refractivity contribution in [2.45, 2.75) is 53.0 Å². The maximum absolute atomic E-state index is 11.9. The van der Waals surface area contributed by atoms with Gasteiger partial charge in [0.2, 0.25) is 0 Å². The van der Waals surface area contributed by atoms with Crippen LogP contribution in [0.15, 0.2) is 0 Å². The molecule has 0 aromatic rings. The van der Waals surface area contributed by atoms with E-state index in [1.54, 1.807) is 0 Å². The normalized spacial score (nSPS) is 18.5. The summed E-state index contributed by atoms with van der Waals surface area (Å²) in [5.74, 6) is 1.32. The number of Topliss-reactive ketones (excluding diaryl/α,β-unsaturated/α-hetero) is 1. The molecule has 1 unspecified atom stereocenters. The number of hydrogen-bond donors (Lipinski definition) is 0. The lowest BCUT2D eigenvalue weighted by Gasteiger charge is -2.24. The van der Waals surface area contributed by atoms with Crippen molar-refractivity contribution in [1.29, 1.82) is 0 Å². The quantitative estimate of drug-likeness (QED) is 0.645. The zero-order chi connectivity index (χ0) is 11.4. The Bertz CT molecular complexity index is 209. The van der Waals surface area contributed by atoms with Gasteiger partial charge in [0, 0.05) is 18.5 Å². The van der Waals surface area contributed by atoms with Crippen LogP contribution in [0, 0.1) is 11.8 Å². The minimum atomic E-state index is 0.235. The van der Waals surface area contributed by atoms with Crippen LogP contribution in [0.4, 0.5) is 0 Å². The van der Waals surface area contributed by atoms with Crippen molar-refractivity contribution >= 4 is 5.78 Å². The van der Waals surface area contributed by atoms with Gasteiger partial charge in [-0.25, -0.2) is 0 Å². The summed E-state index contributed by atoms with van der Waals surface area (Å²) in [6.45, 7) is 10.3. The summed E-state index contributed by atoms with van der Waals surface area (Å²) < 4.78 is 0. The van der Waals surface area contributed by atoms with Gasteiger partial charge in [0.15, 0.2) is 0 Å². The first-order chi connectivity index (χ1) is 7.04. The third-order valence-corrected chi connectivity index (χ3v) is 3.18. The number of carbonyl (C=O) groups excluding carboxylic acids is 1. The first-order valence-electron chi connectivity index (χ1n) is 6.31. The van der Waals surface area contributed by atoms with E-state index in [4.69, 9.17) is 0 Å². The maximum Gasteiger partial charge on any atom is 0.149 e. The van der Waals surface area contributed by atoms with Crippen molar-refractivity contribution in [2.24, 2.45) is 11.8 Å². The third-order valence-electron chi connectivity index (χ3n) is 3.18. The Labute approximate surface area is 94.0 Å². The van der Waals surface area contributed by atoms with E-state index in [-0.39, 0.29) is 5.92 Å². The third kappa shape index (κ3) is 4.33. The average molecular weight is 211 g/mol. The molecule has 0 aromatic heterocycles. The molecule has 1 rings (SSSR count). The Morgan fingerprint density at radius 2 is 1.93 bits per heavy atom. The molecule has 2 heteroatoms. The van der Waals surface area contributed by atoms with Crippen LogP contribution in [-0.2, 0) is 4.79 Å². The Kier molecular flexibility index (Phi) is 4.78. The topological polar surface area (TPSA) is 20.3 Å². The smallest absolute Gasteiger partial charge is 0.149 e. The van der Waals surface area contributed by atoms with Gasteiger partial charge in [-0.15, -0.1) is 0 Å². The van der Waals surface area contributed by atoms with Crippen molar-refractivity contribution in [3.05, 3.63) is 0 Å². The molecule has 0 amide bonds. The molecule has 1 fully saturated rings. The second-order valence-corrected chi connectivity index (χ2v) is 5.33. The van der Waals surface area contributed by atoms with Gasteiger partial charge in [-0.2, -0.15) is 0 Å². The molecule has 88 valence electrons. The first kappa shape index (κ1) is 12.7. The van der Waals surface area contributed by atoms with E-state index in [0.29, 0.717) is 24.3 Å². The van der Waals surface area contributed by atoms with Gasteiger partial charge in [-0.05, 0) is 25.2 Å². The highest BCUT2D eigenvalue weighted by atomic mass is 16.1. The molecule has 1 atom stereocenters. The maximum atomic E-state index is 11.9. The number of hydrogen-bond acceptors (Lipinski definition) is 2. The zero-order valence-corrected chi connectivity index (χ0v) is 10.6. The number of rotatable bonds is 7. The van der Waals surface area contributed by atoms with Crippen molar-refractivity contribution < 1.29 is 4.79 Å². The molecule has 0 aromatic carbocycles. The van der Waals surface area contributed by atoms with E-state index >= 15 is 0 Å². The van der Waals surface area contributed by atoms with Crippen LogP contribution in [0.1, 0.15) is 47.0 Å². The molecule has 15 heavy (non-hydrogen) atoms. The molecular formula is C13H25NO. The summed E-state index contributed by atoms with van der Waals surface area (Å²) >= 11 is 0. The highest BCUT2D eigenvalue weighted by Crippen LogP contribution is 2.27. The SMILES string of the molecule is CCC(C)C(=O)CN(CC(C)C)C1CC1. The predicted molar refractivity (Wildman–Crippen MR) is 63.9 cm³/mol. The molecule has 1 aliphatic carbocycles. The number of carbonyl (C=O) groups is 1. The summed E-state index contributed by atoms with van der Waals surface area (Å²) in [5.41, 5.74) is 0. The first-order valence-corrected chi connectivity index (χ1v) is 6.31. The molecule has 0 radical (unpaired) electrons. The molecule has 0 aliphatic heterocycles. The predicted octanol–water partition coefficient (Wildman–Crippen LogP) is 2.72. The Hall–Kier alpha value is -0.370. The Morgan fingerprint density at radius 3 is 2.33 bits per heavy atom. The molecule has 1 saturated carbocycles. The van der Waals surface area contributed by atoms with Gasteiger partial charge in [0.1, 0.15) is 5.78 Å². The summed E-state index contributed by atoms with van der Waals surface area (Å²) in [6, 6.07) is 0.709. The van der Waals surface area contributed by atoms with Gasteiger partial charge in [-0.3, -0.25) is 9.69 Å². The zero-order valence-electron chi connectivity index (χ0n) is 10.6. The molecule has 0 N–H and O–H groups in total. The lowest BCUT2D eigenvalue weighted by Crippen LogP contribution is -2.36. The van der Waals surface area contributed by atoms with Gasteiger partial charge in [-0.1, -0.05) is 27.7 Å². The van der Waals surface area contributed by atoms with E-state index in [1.165, 1.54) is 12.8 Å². The second-order valence-electron chi connectivity index (χ2n) is 5.33. The van der Waals surface area contributed by atoms with Crippen molar-refractivity contribution in [3.8, 4) is 0 Å². The van der Waals surface area contributed by atoms with Crippen LogP contribution in [0.3, 0.4) is 0 Å². The van der Waals surface area contributed by atoms with Crippen LogP contribution in [0.2, 0.25) is 0 Å². The van der Waals surface area contributed by atoms with E-state index < -0.39 is 0 Å². The van der Waals surface area contributed by atoms with Gasteiger partial charge >= 0.3 is 0 Å². The molecular weight excluding hydrogens is 186 g/mol. The summed E-state index contributed by atoms with van der Waals surface area (Å²) in [7, 11) is 0. The molecule has 0 saturated heterocycles. The number of nitrogens with zero attached hydrogens (tertiary/aromatic N) is 1. The fourth-order valence-corrected chi connectivity index (χ4v) is 1.84. The monoisotopic (exact) mass is 211 g/mol. The summed E-state index contributed by atoms with van der Waals surface area (Å²) in [5, 5.41) is 0. The number of ketones is 1.